The maximum Gasteiger partial charge on any atom is 0.317 e. The molecule has 5 heteroatoms. The zero-order valence-corrected chi connectivity index (χ0v) is 16.6. The Bertz CT molecular complexity index is 686. The average molecular weight is 382 g/mol. The van der Waals surface area contributed by atoms with Gasteiger partial charge in [0.05, 0.1) is 6.61 Å². The second-order valence-corrected chi connectivity index (χ2v) is 7.18. The standard InChI is InChI=1S/C23H31N3O2/c27-23(24-13-7-18-28-19-12-21-8-3-1-4-9-21)26-16-14-25(15-17-26)20-22-10-5-2-6-11-22/h1-6,8-11H,7,12-20H2,(H,24,27). The molecule has 28 heavy (non-hydrogen) atoms. The van der Waals surface area contributed by atoms with E-state index < -0.39 is 0 Å². The van der Waals surface area contributed by atoms with E-state index in [1.54, 1.807) is 0 Å². The second kappa shape index (κ2) is 11.5. The largest absolute Gasteiger partial charge is 0.381 e. The molecule has 0 atom stereocenters. The van der Waals surface area contributed by atoms with E-state index in [9.17, 15) is 4.79 Å². The lowest BCUT2D eigenvalue weighted by molar-refractivity contribution is 0.127. The first kappa shape index (κ1) is 20.4. The molecule has 1 aliphatic rings. The summed E-state index contributed by atoms with van der Waals surface area (Å²) in [5.41, 5.74) is 2.62. The lowest BCUT2D eigenvalue weighted by atomic mass is 10.2. The highest BCUT2D eigenvalue weighted by Gasteiger charge is 2.20. The minimum absolute atomic E-state index is 0.0450. The van der Waals surface area contributed by atoms with Crippen LogP contribution in [0.5, 0.6) is 0 Å². The highest BCUT2D eigenvalue weighted by Crippen LogP contribution is 2.08. The Kier molecular flexibility index (Phi) is 8.34. The minimum Gasteiger partial charge on any atom is -0.381 e. The van der Waals surface area contributed by atoms with Crippen molar-refractivity contribution in [1.29, 1.82) is 0 Å². The summed E-state index contributed by atoms with van der Waals surface area (Å²) >= 11 is 0. The first-order valence-corrected chi connectivity index (χ1v) is 10.2. The Morgan fingerprint density at radius 3 is 2.18 bits per heavy atom. The Hall–Kier alpha value is -2.37. The van der Waals surface area contributed by atoms with Gasteiger partial charge in [-0.1, -0.05) is 60.7 Å². The molecular weight excluding hydrogens is 350 g/mol. The van der Waals surface area contributed by atoms with Gasteiger partial charge in [0, 0.05) is 45.9 Å². The number of urea groups is 1. The Labute approximate surface area is 168 Å². The Balaban J connectivity index is 1.22. The van der Waals surface area contributed by atoms with Crippen LogP contribution in [0.4, 0.5) is 4.79 Å². The fraction of sp³-hybridized carbons (Fsp3) is 0.435. The van der Waals surface area contributed by atoms with E-state index >= 15 is 0 Å². The SMILES string of the molecule is O=C(NCCCOCCc1ccccc1)N1CCN(Cc2ccccc2)CC1. The molecule has 1 saturated heterocycles. The third-order valence-electron chi connectivity index (χ3n) is 5.03. The van der Waals surface area contributed by atoms with Crippen molar-refractivity contribution in [3.8, 4) is 0 Å². The van der Waals surface area contributed by atoms with Crippen molar-refractivity contribution < 1.29 is 9.53 Å². The van der Waals surface area contributed by atoms with Gasteiger partial charge in [0.25, 0.3) is 0 Å². The maximum absolute atomic E-state index is 12.3. The quantitative estimate of drug-likeness (QED) is 0.679. The molecule has 5 nitrogen and oxygen atoms in total. The fourth-order valence-corrected chi connectivity index (χ4v) is 3.37. The molecular formula is C23H31N3O2. The summed E-state index contributed by atoms with van der Waals surface area (Å²) in [5, 5.41) is 3.01. The lowest BCUT2D eigenvalue weighted by Gasteiger charge is -2.34. The first-order chi connectivity index (χ1) is 13.8. The predicted molar refractivity (Wildman–Crippen MR) is 112 cm³/mol. The van der Waals surface area contributed by atoms with Gasteiger partial charge in [-0.15, -0.1) is 0 Å². The van der Waals surface area contributed by atoms with Gasteiger partial charge in [-0.25, -0.2) is 4.79 Å². The van der Waals surface area contributed by atoms with Crippen LogP contribution >= 0.6 is 0 Å². The molecule has 0 aromatic heterocycles. The van der Waals surface area contributed by atoms with Crippen LogP contribution < -0.4 is 5.32 Å². The number of carbonyl (C=O) groups excluding carboxylic acids is 1. The Morgan fingerprint density at radius 2 is 1.50 bits per heavy atom. The molecule has 1 fully saturated rings. The van der Waals surface area contributed by atoms with Gasteiger partial charge in [0.2, 0.25) is 0 Å². The van der Waals surface area contributed by atoms with Crippen molar-refractivity contribution in [2.24, 2.45) is 0 Å². The van der Waals surface area contributed by atoms with Crippen LogP contribution in [-0.4, -0.2) is 61.8 Å². The van der Waals surface area contributed by atoms with E-state index in [0.29, 0.717) is 13.2 Å². The molecule has 1 heterocycles. The number of rotatable bonds is 9. The van der Waals surface area contributed by atoms with Crippen molar-refractivity contribution in [3.63, 3.8) is 0 Å². The highest BCUT2D eigenvalue weighted by molar-refractivity contribution is 5.74. The number of benzene rings is 2. The van der Waals surface area contributed by atoms with Crippen molar-refractivity contribution in [2.45, 2.75) is 19.4 Å². The van der Waals surface area contributed by atoms with Gasteiger partial charge in [0.1, 0.15) is 0 Å². The molecule has 0 spiro atoms. The van der Waals surface area contributed by atoms with Crippen LogP contribution in [0, 0.1) is 0 Å². The number of nitrogens with zero attached hydrogens (tertiary/aromatic N) is 2. The number of amides is 2. The molecule has 150 valence electrons. The Morgan fingerprint density at radius 1 is 0.857 bits per heavy atom. The molecule has 0 bridgehead atoms. The van der Waals surface area contributed by atoms with Crippen LogP contribution in [0.2, 0.25) is 0 Å². The third-order valence-corrected chi connectivity index (χ3v) is 5.03. The summed E-state index contributed by atoms with van der Waals surface area (Å²) in [6.45, 7) is 6.43. The van der Waals surface area contributed by atoms with Gasteiger partial charge < -0.3 is 15.0 Å². The predicted octanol–water partition coefficient (Wildman–Crippen LogP) is 3.16. The molecule has 0 saturated carbocycles. The van der Waals surface area contributed by atoms with Crippen LogP contribution in [-0.2, 0) is 17.7 Å². The van der Waals surface area contributed by atoms with Gasteiger partial charge in [-0.3, -0.25) is 4.90 Å². The monoisotopic (exact) mass is 381 g/mol. The van der Waals surface area contributed by atoms with Crippen molar-refractivity contribution in [1.82, 2.24) is 15.1 Å². The maximum atomic E-state index is 12.3. The molecule has 0 unspecified atom stereocenters. The van der Waals surface area contributed by atoms with Gasteiger partial charge in [-0.2, -0.15) is 0 Å². The van der Waals surface area contributed by atoms with Crippen molar-refractivity contribution >= 4 is 6.03 Å². The smallest absolute Gasteiger partial charge is 0.317 e. The van der Waals surface area contributed by atoms with E-state index in [-0.39, 0.29) is 6.03 Å². The summed E-state index contributed by atoms with van der Waals surface area (Å²) in [5.74, 6) is 0. The number of hydrogen-bond donors (Lipinski definition) is 1. The van der Waals surface area contributed by atoms with Crippen LogP contribution in [0.15, 0.2) is 60.7 Å². The second-order valence-electron chi connectivity index (χ2n) is 7.18. The first-order valence-electron chi connectivity index (χ1n) is 10.2. The molecule has 3 rings (SSSR count). The number of hydrogen-bond acceptors (Lipinski definition) is 3. The van der Waals surface area contributed by atoms with E-state index in [2.05, 4.69) is 46.6 Å². The summed E-state index contributed by atoms with van der Waals surface area (Å²) < 4.78 is 5.66. The van der Waals surface area contributed by atoms with Crippen LogP contribution in [0.3, 0.4) is 0 Å². The molecule has 2 aromatic carbocycles. The van der Waals surface area contributed by atoms with Crippen LogP contribution in [0.1, 0.15) is 17.5 Å². The molecule has 0 aliphatic carbocycles. The molecule has 2 amide bonds. The number of nitrogens with one attached hydrogen (secondary N) is 1. The summed E-state index contributed by atoms with van der Waals surface area (Å²) in [6.07, 6.45) is 1.77. The normalized spacial score (nSPS) is 14.8. The molecule has 0 radical (unpaired) electrons. The van der Waals surface area contributed by atoms with Gasteiger partial charge in [-0.05, 0) is 24.0 Å². The van der Waals surface area contributed by atoms with Crippen molar-refractivity contribution in [3.05, 3.63) is 71.8 Å². The van der Waals surface area contributed by atoms with Gasteiger partial charge in [0.15, 0.2) is 0 Å². The third kappa shape index (κ3) is 6.98. The lowest BCUT2D eigenvalue weighted by Crippen LogP contribution is -2.51. The van der Waals surface area contributed by atoms with E-state index in [1.807, 2.05) is 29.2 Å². The molecule has 2 aromatic rings. The zero-order chi connectivity index (χ0) is 19.4. The summed E-state index contributed by atoms with van der Waals surface area (Å²) in [4.78, 5) is 16.6. The number of ether oxygens (including phenoxy) is 1. The van der Waals surface area contributed by atoms with Crippen molar-refractivity contribution in [2.75, 3.05) is 45.9 Å². The molecule has 1 N–H and O–H groups in total. The summed E-state index contributed by atoms with van der Waals surface area (Å²) in [7, 11) is 0. The van der Waals surface area contributed by atoms with E-state index in [1.165, 1.54) is 11.1 Å². The molecule has 1 aliphatic heterocycles. The number of carbonyl (C=O) groups is 1. The minimum atomic E-state index is 0.0450. The fourth-order valence-electron chi connectivity index (χ4n) is 3.37. The summed E-state index contributed by atoms with van der Waals surface area (Å²) in [6, 6.07) is 20.9. The zero-order valence-electron chi connectivity index (χ0n) is 16.6. The van der Waals surface area contributed by atoms with E-state index in [0.717, 1.165) is 52.2 Å². The average Bonchev–Trinajstić information content (AvgIpc) is 2.75. The van der Waals surface area contributed by atoms with Crippen LogP contribution in [0.25, 0.3) is 0 Å². The van der Waals surface area contributed by atoms with E-state index in [4.69, 9.17) is 4.74 Å². The van der Waals surface area contributed by atoms with Gasteiger partial charge >= 0.3 is 6.03 Å². The topological polar surface area (TPSA) is 44.8 Å². The highest BCUT2D eigenvalue weighted by atomic mass is 16.5. The number of piperazine rings is 1.